The molecule has 92 valence electrons. The number of nitrogens with one attached hydrogen (secondary N) is 1. The molecule has 2 heterocycles. The van der Waals surface area contributed by atoms with E-state index in [1.807, 2.05) is 13.8 Å². The molecular formula is C12H22N2O2. The van der Waals surface area contributed by atoms with Crippen molar-refractivity contribution in [3.8, 4) is 0 Å². The molecule has 0 aromatic rings. The lowest BCUT2D eigenvalue weighted by Crippen LogP contribution is -2.68. The topological polar surface area (TPSA) is 52.6 Å². The van der Waals surface area contributed by atoms with Crippen LogP contribution in [0, 0.1) is 5.92 Å². The van der Waals surface area contributed by atoms with E-state index in [1.54, 1.807) is 0 Å². The summed E-state index contributed by atoms with van der Waals surface area (Å²) < 4.78 is 0. The molecule has 2 N–H and O–H groups in total. The summed E-state index contributed by atoms with van der Waals surface area (Å²) >= 11 is 0. The predicted molar refractivity (Wildman–Crippen MR) is 62.0 cm³/mol. The zero-order valence-electron chi connectivity index (χ0n) is 10.2. The van der Waals surface area contributed by atoms with E-state index in [0.717, 1.165) is 25.8 Å². The highest BCUT2D eigenvalue weighted by Gasteiger charge is 2.47. The molecule has 0 radical (unpaired) electrons. The van der Waals surface area contributed by atoms with Gasteiger partial charge in [0.05, 0.1) is 11.6 Å². The third-order valence-corrected chi connectivity index (χ3v) is 3.98. The van der Waals surface area contributed by atoms with Gasteiger partial charge in [-0.25, -0.2) is 0 Å². The minimum Gasteiger partial charge on any atom is -0.387 e. The van der Waals surface area contributed by atoms with Gasteiger partial charge in [0, 0.05) is 19.6 Å². The number of carbonyl (C=O) groups excluding carboxylic acids is 1. The quantitative estimate of drug-likeness (QED) is 0.715. The summed E-state index contributed by atoms with van der Waals surface area (Å²) in [6, 6.07) is -0.0125. The fourth-order valence-corrected chi connectivity index (χ4v) is 2.51. The first-order valence-corrected chi connectivity index (χ1v) is 6.27. The molecule has 0 bridgehead atoms. The van der Waals surface area contributed by atoms with Crippen molar-refractivity contribution in [1.29, 1.82) is 0 Å². The average molecular weight is 226 g/mol. The molecule has 2 aliphatic heterocycles. The van der Waals surface area contributed by atoms with Crippen LogP contribution in [-0.4, -0.2) is 47.2 Å². The Labute approximate surface area is 97.0 Å². The minimum absolute atomic E-state index is 0.0125. The maximum Gasteiger partial charge on any atom is 0.237 e. The van der Waals surface area contributed by atoms with Gasteiger partial charge in [-0.1, -0.05) is 13.8 Å². The van der Waals surface area contributed by atoms with Crippen LogP contribution in [0.1, 0.15) is 33.1 Å². The number of likely N-dealkylation sites (tertiary alicyclic amines) is 1. The zero-order chi connectivity index (χ0) is 11.8. The summed E-state index contributed by atoms with van der Waals surface area (Å²) in [6.45, 7) is 6.15. The van der Waals surface area contributed by atoms with Gasteiger partial charge in [0.25, 0.3) is 0 Å². The highest BCUT2D eigenvalue weighted by Crippen LogP contribution is 2.31. The SMILES string of the molecule is CC(C)C1(O)CN(C2CCCCNC2=O)C1. The first-order valence-electron chi connectivity index (χ1n) is 6.27. The Kier molecular flexibility index (Phi) is 3.22. The van der Waals surface area contributed by atoms with Gasteiger partial charge >= 0.3 is 0 Å². The molecule has 0 aromatic heterocycles. The maximum absolute atomic E-state index is 11.8. The number of hydrogen-bond acceptors (Lipinski definition) is 3. The van der Waals surface area contributed by atoms with Crippen LogP contribution in [0.2, 0.25) is 0 Å². The molecular weight excluding hydrogens is 204 g/mol. The summed E-state index contributed by atoms with van der Waals surface area (Å²) in [6.07, 6.45) is 3.10. The number of β-amino-alcohol motifs (C(OH)–C–C–N with tert-alkyl or cyclic N) is 1. The molecule has 2 saturated heterocycles. The first-order chi connectivity index (χ1) is 7.53. The van der Waals surface area contributed by atoms with Crippen LogP contribution in [0.3, 0.4) is 0 Å². The first kappa shape index (κ1) is 11.9. The van der Waals surface area contributed by atoms with Crippen LogP contribution in [0.5, 0.6) is 0 Å². The van der Waals surface area contributed by atoms with Crippen molar-refractivity contribution < 1.29 is 9.90 Å². The van der Waals surface area contributed by atoms with Crippen molar-refractivity contribution in [1.82, 2.24) is 10.2 Å². The second-order valence-corrected chi connectivity index (χ2v) is 5.47. The van der Waals surface area contributed by atoms with Gasteiger partial charge in [-0.15, -0.1) is 0 Å². The van der Waals surface area contributed by atoms with Crippen molar-refractivity contribution in [3.05, 3.63) is 0 Å². The normalized spacial score (nSPS) is 30.8. The van der Waals surface area contributed by atoms with Gasteiger partial charge in [-0.2, -0.15) is 0 Å². The summed E-state index contributed by atoms with van der Waals surface area (Å²) in [5.74, 6) is 0.404. The lowest BCUT2D eigenvalue weighted by atomic mass is 9.81. The van der Waals surface area contributed by atoms with Crippen molar-refractivity contribution in [3.63, 3.8) is 0 Å². The van der Waals surface area contributed by atoms with Crippen LogP contribution in [0.25, 0.3) is 0 Å². The highest BCUT2D eigenvalue weighted by molar-refractivity contribution is 5.82. The van der Waals surface area contributed by atoms with Crippen molar-refractivity contribution in [2.24, 2.45) is 5.92 Å². The lowest BCUT2D eigenvalue weighted by molar-refractivity contribution is -0.155. The van der Waals surface area contributed by atoms with E-state index < -0.39 is 5.60 Å². The highest BCUT2D eigenvalue weighted by atomic mass is 16.3. The molecule has 0 aromatic carbocycles. The van der Waals surface area contributed by atoms with Gasteiger partial charge in [0.15, 0.2) is 0 Å². The van der Waals surface area contributed by atoms with Gasteiger partial charge in [0.2, 0.25) is 5.91 Å². The average Bonchev–Trinajstić information content (AvgIpc) is 2.38. The number of nitrogens with zero attached hydrogens (tertiary/aromatic N) is 1. The number of rotatable bonds is 2. The standard InChI is InChI=1S/C12H22N2O2/c1-9(2)12(16)7-14(8-12)10-5-3-4-6-13-11(10)15/h9-10,16H,3-8H2,1-2H3,(H,13,15). The Morgan fingerprint density at radius 2 is 2.12 bits per heavy atom. The number of carbonyl (C=O) groups is 1. The third kappa shape index (κ3) is 2.09. The van der Waals surface area contributed by atoms with Crippen molar-refractivity contribution >= 4 is 5.91 Å². The molecule has 2 rings (SSSR count). The van der Waals surface area contributed by atoms with Crippen molar-refractivity contribution in [2.45, 2.75) is 44.8 Å². The van der Waals surface area contributed by atoms with E-state index in [4.69, 9.17) is 0 Å². The van der Waals surface area contributed by atoms with E-state index in [1.165, 1.54) is 0 Å². The van der Waals surface area contributed by atoms with Crippen LogP contribution in [-0.2, 0) is 4.79 Å². The number of amides is 1. The summed E-state index contributed by atoms with van der Waals surface area (Å²) in [5.41, 5.74) is -0.577. The Morgan fingerprint density at radius 1 is 1.44 bits per heavy atom. The molecule has 0 aliphatic carbocycles. The molecule has 1 unspecified atom stereocenters. The van der Waals surface area contributed by atoms with Gasteiger partial charge in [0.1, 0.15) is 0 Å². The predicted octanol–water partition coefficient (Wildman–Crippen LogP) is 0.358. The zero-order valence-corrected chi connectivity index (χ0v) is 10.2. The van der Waals surface area contributed by atoms with Crippen molar-refractivity contribution in [2.75, 3.05) is 19.6 Å². The van der Waals surface area contributed by atoms with Gasteiger partial charge in [-0.3, -0.25) is 9.69 Å². The monoisotopic (exact) mass is 226 g/mol. The molecule has 4 heteroatoms. The number of hydrogen-bond donors (Lipinski definition) is 2. The Morgan fingerprint density at radius 3 is 2.75 bits per heavy atom. The Bertz CT molecular complexity index is 272. The minimum atomic E-state index is -0.577. The van der Waals surface area contributed by atoms with E-state index in [0.29, 0.717) is 13.1 Å². The summed E-state index contributed by atoms with van der Waals surface area (Å²) in [7, 11) is 0. The lowest BCUT2D eigenvalue weighted by Gasteiger charge is -2.51. The largest absolute Gasteiger partial charge is 0.387 e. The van der Waals surface area contributed by atoms with Crippen LogP contribution in [0.4, 0.5) is 0 Å². The molecule has 2 aliphatic rings. The molecule has 0 spiro atoms. The molecule has 0 saturated carbocycles. The fraction of sp³-hybridized carbons (Fsp3) is 0.917. The van der Waals surface area contributed by atoms with E-state index in [9.17, 15) is 9.90 Å². The number of aliphatic hydroxyl groups is 1. The molecule has 4 nitrogen and oxygen atoms in total. The van der Waals surface area contributed by atoms with Crippen LogP contribution >= 0.6 is 0 Å². The Balaban J connectivity index is 1.92. The van der Waals surface area contributed by atoms with E-state index in [-0.39, 0.29) is 17.9 Å². The summed E-state index contributed by atoms with van der Waals surface area (Å²) in [4.78, 5) is 13.9. The van der Waals surface area contributed by atoms with E-state index >= 15 is 0 Å². The smallest absolute Gasteiger partial charge is 0.237 e. The molecule has 2 fully saturated rings. The molecule has 1 atom stereocenters. The van der Waals surface area contributed by atoms with Crippen LogP contribution < -0.4 is 5.32 Å². The second-order valence-electron chi connectivity index (χ2n) is 5.47. The van der Waals surface area contributed by atoms with Gasteiger partial charge < -0.3 is 10.4 Å². The third-order valence-electron chi connectivity index (χ3n) is 3.98. The molecule has 1 amide bonds. The van der Waals surface area contributed by atoms with E-state index in [2.05, 4.69) is 10.2 Å². The van der Waals surface area contributed by atoms with Crippen LogP contribution in [0.15, 0.2) is 0 Å². The van der Waals surface area contributed by atoms with Gasteiger partial charge in [-0.05, 0) is 25.2 Å². The molecule has 16 heavy (non-hydrogen) atoms. The fourth-order valence-electron chi connectivity index (χ4n) is 2.51. The summed E-state index contributed by atoms with van der Waals surface area (Å²) in [5, 5.41) is 13.1. The Hall–Kier alpha value is -0.610. The second kappa shape index (κ2) is 4.34. The maximum atomic E-state index is 11.8.